The van der Waals surface area contributed by atoms with Crippen LogP contribution in [0.2, 0.25) is 0 Å². The Labute approximate surface area is 225 Å². The van der Waals surface area contributed by atoms with E-state index in [4.69, 9.17) is 21.1 Å². The summed E-state index contributed by atoms with van der Waals surface area (Å²) in [5, 5.41) is 24.8. The molecule has 2 unspecified atom stereocenters. The van der Waals surface area contributed by atoms with Gasteiger partial charge in [-0.25, -0.2) is 0 Å². The predicted octanol–water partition coefficient (Wildman–Crippen LogP) is 4.75. The highest BCUT2D eigenvalue weighted by Gasteiger charge is 2.33. The van der Waals surface area contributed by atoms with Crippen molar-refractivity contribution in [2.24, 2.45) is 0 Å². The Hall–Kier alpha value is -4.13. The number of carbonyl (C=O) groups excluding carboxylic acids is 1. The maximum Gasteiger partial charge on any atom is 0.229 e. The van der Waals surface area contributed by atoms with Crippen LogP contribution in [0, 0.1) is 11.3 Å². The van der Waals surface area contributed by atoms with Gasteiger partial charge in [0.25, 0.3) is 0 Å². The van der Waals surface area contributed by atoms with Crippen molar-refractivity contribution in [3.05, 3.63) is 76.9 Å². The van der Waals surface area contributed by atoms with E-state index in [2.05, 4.69) is 21.4 Å². The third kappa shape index (κ3) is 5.14. The number of nitrogens with one attached hydrogen (secondary N) is 1. The molecule has 2 aromatic heterocycles. The van der Waals surface area contributed by atoms with Gasteiger partial charge in [0.15, 0.2) is 0 Å². The number of fused-ring (bicyclic) bond motifs is 1. The van der Waals surface area contributed by atoms with Gasteiger partial charge >= 0.3 is 0 Å². The number of hydrogen-bond acceptors (Lipinski definition) is 8. The number of amides is 1. The van der Waals surface area contributed by atoms with E-state index in [9.17, 15) is 15.2 Å². The monoisotopic (exact) mass is 531 g/mol. The largest absolute Gasteiger partial charge is 0.492 e. The van der Waals surface area contributed by atoms with E-state index in [0.29, 0.717) is 70.4 Å². The van der Waals surface area contributed by atoms with Gasteiger partial charge in [0, 0.05) is 42.7 Å². The number of anilines is 2. The lowest BCUT2D eigenvalue weighted by Gasteiger charge is -2.25. The van der Waals surface area contributed by atoms with E-state index in [0.717, 1.165) is 5.69 Å². The molecule has 1 aromatic carbocycles. The number of hydrogen-bond donors (Lipinski definition) is 2. The number of allylic oxidation sites excluding steroid dienone is 1. The molecule has 3 heterocycles. The second-order valence-corrected chi connectivity index (χ2v) is 9.30. The molecule has 1 aliphatic carbocycles. The number of benzene rings is 1. The summed E-state index contributed by atoms with van der Waals surface area (Å²) in [5.41, 5.74) is 2.72. The third-order valence-corrected chi connectivity index (χ3v) is 6.70. The molecular formula is C28H26ClN5O4. The molecule has 38 heavy (non-hydrogen) atoms. The molecule has 1 fully saturated rings. The summed E-state index contributed by atoms with van der Waals surface area (Å²) in [7, 11) is 0. The average Bonchev–Trinajstić information content (AvgIpc) is 3.26. The summed E-state index contributed by atoms with van der Waals surface area (Å²) in [6.45, 7) is 2.52. The van der Waals surface area contributed by atoms with E-state index in [-0.39, 0.29) is 18.4 Å². The zero-order valence-corrected chi connectivity index (χ0v) is 21.5. The summed E-state index contributed by atoms with van der Waals surface area (Å²) in [6.07, 6.45) is 7.15. The number of aliphatic hydroxyl groups is 1. The van der Waals surface area contributed by atoms with E-state index < -0.39 is 6.23 Å². The van der Waals surface area contributed by atoms with Crippen LogP contribution < -0.4 is 15.0 Å². The van der Waals surface area contributed by atoms with Gasteiger partial charge in [-0.15, -0.1) is 0 Å². The number of nitriles is 1. The van der Waals surface area contributed by atoms with Crippen molar-refractivity contribution in [3.8, 4) is 11.8 Å². The molecule has 0 spiro atoms. The maximum atomic E-state index is 12.6. The van der Waals surface area contributed by atoms with Crippen molar-refractivity contribution in [2.75, 3.05) is 16.8 Å². The first-order chi connectivity index (χ1) is 18.5. The van der Waals surface area contributed by atoms with Gasteiger partial charge in [-0.2, -0.15) is 5.26 Å². The number of ether oxygens (including phenoxy) is 2. The standard InChI is InChI=1S/C28H26ClN5O4/c1-2-37-25-13-22-20(12-23(25)34-26(35)8-9-27(34)36)28(17(14-30)15-32-22)33-18-6-7-24(21(29)11-18)38-16-19-5-3-4-10-31-19/h3-5,7,10-13,15,18,26,35H,2,6,8-9,16H2,1H3,(H,32,33). The zero-order valence-electron chi connectivity index (χ0n) is 20.7. The minimum absolute atomic E-state index is 0.193. The van der Waals surface area contributed by atoms with Crippen LogP contribution in [0.1, 0.15) is 37.4 Å². The minimum atomic E-state index is -0.947. The van der Waals surface area contributed by atoms with Gasteiger partial charge < -0.3 is 19.9 Å². The first-order valence-corrected chi connectivity index (χ1v) is 12.7. The molecular weight excluding hydrogens is 506 g/mol. The topological polar surface area (TPSA) is 121 Å². The Balaban J connectivity index is 1.45. The Morgan fingerprint density at radius 2 is 2.16 bits per heavy atom. The van der Waals surface area contributed by atoms with Crippen molar-refractivity contribution in [2.45, 2.75) is 45.1 Å². The molecule has 10 heteroatoms. The highest BCUT2D eigenvalue weighted by atomic mass is 35.5. The Kier molecular flexibility index (Phi) is 7.45. The van der Waals surface area contributed by atoms with Gasteiger partial charge in [0.2, 0.25) is 5.91 Å². The van der Waals surface area contributed by atoms with Gasteiger partial charge in [0.05, 0.1) is 39.8 Å². The van der Waals surface area contributed by atoms with Crippen LogP contribution in [0.15, 0.2) is 65.7 Å². The molecule has 0 saturated carbocycles. The van der Waals surface area contributed by atoms with Crippen LogP contribution in [0.5, 0.6) is 5.75 Å². The van der Waals surface area contributed by atoms with Crippen LogP contribution in [0.25, 0.3) is 10.9 Å². The van der Waals surface area contributed by atoms with E-state index in [1.807, 2.05) is 37.3 Å². The normalized spacial score (nSPS) is 19.1. The Morgan fingerprint density at radius 3 is 2.84 bits per heavy atom. The van der Waals surface area contributed by atoms with Crippen molar-refractivity contribution >= 4 is 39.8 Å². The zero-order chi connectivity index (χ0) is 26.6. The van der Waals surface area contributed by atoms with Crippen molar-refractivity contribution < 1.29 is 19.4 Å². The van der Waals surface area contributed by atoms with Crippen molar-refractivity contribution in [1.29, 1.82) is 5.26 Å². The predicted molar refractivity (Wildman–Crippen MR) is 143 cm³/mol. The summed E-state index contributed by atoms with van der Waals surface area (Å²) in [5.74, 6) is 0.818. The van der Waals surface area contributed by atoms with Gasteiger partial charge in [-0.1, -0.05) is 17.7 Å². The fourth-order valence-corrected chi connectivity index (χ4v) is 4.86. The highest BCUT2D eigenvalue weighted by molar-refractivity contribution is 6.31. The van der Waals surface area contributed by atoms with Crippen LogP contribution in [-0.2, 0) is 16.1 Å². The van der Waals surface area contributed by atoms with Crippen LogP contribution in [0.3, 0.4) is 0 Å². The Bertz CT molecular complexity index is 1470. The van der Waals surface area contributed by atoms with Crippen LogP contribution >= 0.6 is 11.6 Å². The lowest BCUT2D eigenvalue weighted by Crippen LogP contribution is -2.33. The van der Waals surface area contributed by atoms with Crippen LogP contribution in [0.4, 0.5) is 11.4 Å². The first kappa shape index (κ1) is 25.5. The molecule has 2 atom stereocenters. The lowest BCUT2D eigenvalue weighted by molar-refractivity contribution is -0.117. The third-order valence-electron chi connectivity index (χ3n) is 6.38. The quantitative estimate of drug-likeness (QED) is 0.427. The van der Waals surface area contributed by atoms with E-state index in [1.165, 1.54) is 11.1 Å². The number of pyridine rings is 2. The summed E-state index contributed by atoms with van der Waals surface area (Å²) in [6, 6.07) is 11.1. The highest BCUT2D eigenvalue weighted by Crippen LogP contribution is 2.40. The van der Waals surface area contributed by atoms with Crippen LogP contribution in [-0.4, -0.2) is 39.9 Å². The van der Waals surface area contributed by atoms with Crippen molar-refractivity contribution in [3.63, 3.8) is 0 Å². The second kappa shape index (κ2) is 11.1. The molecule has 3 aromatic rings. The summed E-state index contributed by atoms with van der Waals surface area (Å²) >= 11 is 6.54. The smallest absolute Gasteiger partial charge is 0.229 e. The molecule has 1 amide bonds. The number of rotatable bonds is 8. The molecule has 9 nitrogen and oxygen atoms in total. The van der Waals surface area contributed by atoms with E-state index in [1.54, 1.807) is 18.3 Å². The molecule has 1 aliphatic heterocycles. The Morgan fingerprint density at radius 1 is 1.29 bits per heavy atom. The first-order valence-electron chi connectivity index (χ1n) is 12.3. The molecule has 2 N–H and O–H groups in total. The fourth-order valence-electron chi connectivity index (χ4n) is 4.58. The number of aliphatic hydroxyl groups excluding tert-OH is 1. The number of halogens is 1. The van der Waals surface area contributed by atoms with Gasteiger partial charge in [0.1, 0.15) is 30.4 Å². The summed E-state index contributed by atoms with van der Waals surface area (Å²) < 4.78 is 11.7. The number of aromatic nitrogens is 2. The SMILES string of the molecule is CCOc1cc2ncc(C#N)c(NC3C=C(Cl)C(OCc4ccccn4)=CC3)c2cc1N1C(=O)CCC1O. The molecule has 0 bridgehead atoms. The van der Waals surface area contributed by atoms with E-state index >= 15 is 0 Å². The molecule has 0 radical (unpaired) electrons. The minimum Gasteiger partial charge on any atom is -0.492 e. The van der Waals surface area contributed by atoms with Crippen molar-refractivity contribution in [1.82, 2.24) is 9.97 Å². The summed E-state index contributed by atoms with van der Waals surface area (Å²) in [4.78, 5) is 22.6. The number of nitrogens with zero attached hydrogens (tertiary/aromatic N) is 4. The molecule has 194 valence electrons. The average molecular weight is 532 g/mol. The molecule has 1 saturated heterocycles. The van der Waals surface area contributed by atoms with Gasteiger partial charge in [-0.3, -0.25) is 19.7 Å². The number of carbonyl (C=O) groups is 1. The maximum absolute atomic E-state index is 12.6. The second-order valence-electron chi connectivity index (χ2n) is 8.89. The van der Waals surface area contributed by atoms with Gasteiger partial charge in [-0.05, 0) is 43.7 Å². The lowest BCUT2D eigenvalue weighted by atomic mass is 10.0. The fraction of sp³-hybridized carbons (Fsp3) is 0.286. The molecule has 5 rings (SSSR count). The molecule has 2 aliphatic rings.